The van der Waals surface area contributed by atoms with Gasteiger partial charge in [0.2, 0.25) is 0 Å². The standard InChI is InChI=1S/C18H17Br2NO4/c1-11(2)25-18(23)12-3-6-14(7-4-12)21-17(22)10-24-16-8-5-13(19)9-15(16)20/h3-9,11H,10H2,1-2H3,(H,21,22). The number of hydrogen-bond donors (Lipinski definition) is 1. The normalized spacial score (nSPS) is 10.4. The predicted octanol–water partition coefficient (Wildman–Crippen LogP) is 4.79. The van der Waals surface area contributed by atoms with Crippen molar-refractivity contribution in [3.8, 4) is 5.75 Å². The van der Waals surface area contributed by atoms with E-state index in [1.165, 1.54) is 0 Å². The zero-order valence-corrected chi connectivity index (χ0v) is 16.9. The molecule has 0 aromatic heterocycles. The average Bonchev–Trinajstić information content (AvgIpc) is 2.54. The van der Waals surface area contributed by atoms with Crippen molar-refractivity contribution in [1.82, 2.24) is 0 Å². The van der Waals surface area contributed by atoms with Gasteiger partial charge in [0, 0.05) is 10.2 Å². The maximum atomic E-state index is 12.0. The molecule has 0 aliphatic rings. The van der Waals surface area contributed by atoms with Crippen molar-refractivity contribution in [3.63, 3.8) is 0 Å². The minimum Gasteiger partial charge on any atom is -0.483 e. The number of hydrogen-bond acceptors (Lipinski definition) is 4. The summed E-state index contributed by atoms with van der Waals surface area (Å²) in [7, 11) is 0. The number of rotatable bonds is 6. The summed E-state index contributed by atoms with van der Waals surface area (Å²) in [4.78, 5) is 23.7. The van der Waals surface area contributed by atoms with E-state index in [0.29, 0.717) is 17.0 Å². The Balaban J connectivity index is 1.89. The van der Waals surface area contributed by atoms with Gasteiger partial charge in [-0.2, -0.15) is 0 Å². The zero-order chi connectivity index (χ0) is 18.4. The van der Waals surface area contributed by atoms with Crippen LogP contribution in [0, 0.1) is 0 Å². The first-order valence-corrected chi connectivity index (χ1v) is 9.12. The van der Waals surface area contributed by atoms with E-state index in [1.807, 2.05) is 12.1 Å². The molecular formula is C18H17Br2NO4. The molecule has 0 heterocycles. The summed E-state index contributed by atoms with van der Waals surface area (Å²) in [6.45, 7) is 3.45. The summed E-state index contributed by atoms with van der Waals surface area (Å²) in [5.74, 6) is -0.117. The van der Waals surface area contributed by atoms with Gasteiger partial charge in [0.05, 0.1) is 16.1 Å². The Kier molecular flexibility index (Phi) is 7.01. The molecule has 1 N–H and O–H groups in total. The molecule has 0 fully saturated rings. The lowest BCUT2D eigenvalue weighted by molar-refractivity contribution is -0.118. The molecule has 0 spiro atoms. The Morgan fingerprint density at radius 3 is 2.36 bits per heavy atom. The maximum absolute atomic E-state index is 12.0. The van der Waals surface area contributed by atoms with Crippen molar-refractivity contribution in [2.75, 3.05) is 11.9 Å². The van der Waals surface area contributed by atoms with Gasteiger partial charge in [0.25, 0.3) is 5.91 Å². The molecule has 132 valence electrons. The predicted molar refractivity (Wildman–Crippen MR) is 103 cm³/mol. The molecule has 0 bridgehead atoms. The van der Waals surface area contributed by atoms with E-state index in [9.17, 15) is 9.59 Å². The number of anilines is 1. The molecule has 0 aliphatic carbocycles. The van der Waals surface area contributed by atoms with E-state index >= 15 is 0 Å². The second-order valence-electron chi connectivity index (χ2n) is 5.44. The lowest BCUT2D eigenvalue weighted by atomic mass is 10.2. The monoisotopic (exact) mass is 469 g/mol. The molecule has 0 aliphatic heterocycles. The van der Waals surface area contributed by atoms with Gasteiger partial charge in [-0.05, 0) is 72.2 Å². The Bertz CT molecular complexity index is 760. The molecule has 2 aromatic rings. The van der Waals surface area contributed by atoms with Gasteiger partial charge < -0.3 is 14.8 Å². The third-order valence-electron chi connectivity index (χ3n) is 3.00. The third kappa shape index (κ3) is 6.17. The molecule has 5 nitrogen and oxygen atoms in total. The van der Waals surface area contributed by atoms with E-state index in [2.05, 4.69) is 37.2 Å². The molecule has 0 unspecified atom stereocenters. The highest BCUT2D eigenvalue weighted by Crippen LogP contribution is 2.28. The molecule has 1 amide bonds. The van der Waals surface area contributed by atoms with Crippen LogP contribution in [-0.2, 0) is 9.53 Å². The van der Waals surface area contributed by atoms with Gasteiger partial charge in [-0.15, -0.1) is 0 Å². The highest BCUT2D eigenvalue weighted by atomic mass is 79.9. The largest absolute Gasteiger partial charge is 0.483 e. The van der Waals surface area contributed by atoms with Gasteiger partial charge in [-0.25, -0.2) is 4.79 Å². The van der Waals surface area contributed by atoms with E-state index in [1.54, 1.807) is 44.2 Å². The molecule has 25 heavy (non-hydrogen) atoms. The quantitative estimate of drug-likeness (QED) is 0.616. The summed E-state index contributed by atoms with van der Waals surface area (Å²) < 4.78 is 12.2. The van der Waals surface area contributed by atoms with Crippen molar-refractivity contribution in [2.45, 2.75) is 20.0 Å². The molecule has 2 rings (SSSR count). The minimum atomic E-state index is -0.392. The fraction of sp³-hybridized carbons (Fsp3) is 0.222. The third-order valence-corrected chi connectivity index (χ3v) is 4.11. The Morgan fingerprint density at radius 1 is 1.08 bits per heavy atom. The number of esters is 1. The molecule has 0 atom stereocenters. The van der Waals surface area contributed by atoms with Crippen molar-refractivity contribution in [1.29, 1.82) is 0 Å². The van der Waals surface area contributed by atoms with Gasteiger partial charge in [-0.3, -0.25) is 4.79 Å². The first kappa shape index (κ1) is 19.5. The summed E-state index contributed by atoms with van der Waals surface area (Å²) in [6.07, 6.45) is -0.179. The van der Waals surface area contributed by atoms with Crippen LogP contribution in [0.5, 0.6) is 5.75 Å². The van der Waals surface area contributed by atoms with Crippen molar-refractivity contribution < 1.29 is 19.1 Å². The summed E-state index contributed by atoms with van der Waals surface area (Å²) >= 11 is 6.72. The summed E-state index contributed by atoms with van der Waals surface area (Å²) in [6, 6.07) is 11.9. The molecule has 2 aromatic carbocycles. The van der Waals surface area contributed by atoms with Crippen molar-refractivity contribution in [3.05, 3.63) is 57.0 Å². The second-order valence-corrected chi connectivity index (χ2v) is 7.21. The smallest absolute Gasteiger partial charge is 0.338 e. The van der Waals surface area contributed by atoms with Gasteiger partial charge in [0.15, 0.2) is 6.61 Å². The van der Waals surface area contributed by atoms with Crippen LogP contribution in [0.3, 0.4) is 0 Å². The van der Waals surface area contributed by atoms with Crippen LogP contribution < -0.4 is 10.1 Å². The zero-order valence-electron chi connectivity index (χ0n) is 13.7. The van der Waals surface area contributed by atoms with E-state index in [0.717, 1.165) is 8.95 Å². The van der Waals surface area contributed by atoms with E-state index in [4.69, 9.17) is 9.47 Å². The highest BCUT2D eigenvalue weighted by Gasteiger charge is 2.10. The number of benzene rings is 2. The fourth-order valence-corrected chi connectivity index (χ4v) is 3.07. The van der Waals surface area contributed by atoms with Crippen LogP contribution in [0.1, 0.15) is 24.2 Å². The van der Waals surface area contributed by atoms with Crippen LogP contribution >= 0.6 is 31.9 Å². The number of carbonyl (C=O) groups is 2. The van der Waals surface area contributed by atoms with Crippen molar-refractivity contribution >= 4 is 49.4 Å². The molecule has 0 radical (unpaired) electrons. The molecular weight excluding hydrogens is 454 g/mol. The first-order chi connectivity index (χ1) is 11.8. The lowest BCUT2D eigenvalue weighted by Crippen LogP contribution is -2.20. The van der Waals surface area contributed by atoms with Crippen LogP contribution in [0.15, 0.2) is 51.4 Å². The van der Waals surface area contributed by atoms with E-state index < -0.39 is 5.97 Å². The molecule has 0 saturated carbocycles. The number of ether oxygens (including phenoxy) is 2. The second kappa shape index (κ2) is 9.01. The van der Waals surface area contributed by atoms with Gasteiger partial charge in [0.1, 0.15) is 5.75 Å². The first-order valence-electron chi connectivity index (χ1n) is 7.54. The van der Waals surface area contributed by atoms with Crippen LogP contribution in [0.2, 0.25) is 0 Å². The number of carbonyl (C=O) groups excluding carboxylic acids is 2. The van der Waals surface area contributed by atoms with Gasteiger partial charge in [-0.1, -0.05) is 15.9 Å². The molecule has 7 heteroatoms. The topological polar surface area (TPSA) is 64.6 Å². The Morgan fingerprint density at radius 2 is 1.76 bits per heavy atom. The minimum absolute atomic E-state index is 0.128. The van der Waals surface area contributed by atoms with Crippen LogP contribution in [0.25, 0.3) is 0 Å². The maximum Gasteiger partial charge on any atom is 0.338 e. The average molecular weight is 471 g/mol. The number of nitrogens with one attached hydrogen (secondary N) is 1. The van der Waals surface area contributed by atoms with Crippen molar-refractivity contribution in [2.24, 2.45) is 0 Å². The van der Waals surface area contributed by atoms with Gasteiger partial charge >= 0.3 is 5.97 Å². The Hall–Kier alpha value is -1.86. The summed E-state index contributed by atoms with van der Waals surface area (Å²) in [5.41, 5.74) is 1.01. The number of halogens is 2. The Labute approximate surface area is 163 Å². The fourth-order valence-electron chi connectivity index (χ4n) is 1.90. The van der Waals surface area contributed by atoms with Crippen LogP contribution in [0.4, 0.5) is 5.69 Å². The lowest BCUT2D eigenvalue weighted by Gasteiger charge is -2.10. The SMILES string of the molecule is CC(C)OC(=O)c1ccc(NC(=O)COc2ccc(Br)cc2Br)cc1. The van der Waals surface area contributed by atoms with E-state index in [-0.39, 0.29) is 18.6 Å². The highest BCUT2D eigenvalue weighted by molar-refractivity contribution is 9.11. The number of amides is 1. The summed E-state index contributed by atoms with van der Waals surface area (Å²) in [5, 5.41) is 2.71. The van der Waals surface area contributed by atoms with Crippen LogP contribution in [-0.4, -0.2) is 24.6 Å². The molecule has 0 saturated heterocycles.